The Labute approximate surface area is 82.6 Å². The first-order chi connectivity index (χ1) is 6.72. The van der Waals surface area contributed by atoms with Crippen molar-refractivity contribution in [3.8, 4) is 0 Å². The van der Waals surface area contributed by atoms with Gasteiger partial charge in [0.15, 0.2) is 0 Å². The lowest BCUT2D eigenvalue weighted by atomic mass is 10.1. The normalized spacial score (nSPS) is 10.4. The fraction of sp³-hybridized carbons (Fsp3) is 0.182. The molecule has 0 spiro atoms. The molecule has 0 aliphatic heterocycles. The number of ether oxygens (including phenoxy) is 1. The number of carboxylic acids is 1. The van der Waals surface area contributed by atoms with Crippen LogP contribution in [-0.4, -0.2) is 18.2 Å². The number of aliphatic carboxylic acids is 1. The van der Waals surface area contributed by atoms with Crippen LogP contribution in [0.25, 0.3) is 6.08 Å². The van der Waals surface area contributed by atoms with E-state index in [2.05, 4.69) is 0 Å². The van der Waals surface area contributed by atoms with E-state index in [0.29, 0.717) is 0 Å². The first-order valence-corrected chi connectivity index (χ1v) is 4.22. The van der Waals surface area contributed by atoms with Crippen molar-refractivity contribution in [2.75, 3.05) is 7.11 Å². The van der Waals surface area contributed by atoms with Gasteiger partial charge in [0, 0.05) is 0 Å². The van der Waals surface area contributed by atoms with Crippen molar-refractivity contribution in [3.05, 3.63) is 41.7 Å². The third-order valence-electron chi connectivity index (χ3n) is 1.70. The maximum absolute atomic E-state index is 10.5. The van der Waals surface area contributed by atoms with E-state index in [4.69, 9.17) is 9.84 Å². The van der Waals surface area contributed by atoms with Crippen LogP contribution in [0.15, 0.2) is 30.5 Å². The smallest absolute Gasteiger partial charge is 0.307 e. The van der Waals surface area contributed by atoms with E-state index in [0.717, 1.165) is 11.1 Å². The zero-order chi connectivity index (χ0) is 10.4. The molecule has 3 heteroatoms. The van der Waals surface area contributed by atoms with Crippen LogP contribution in [0.5, 0.6) is 0 Å². The lowest BCUT2D eigenvalue weighted by Crippen LogP contribution is -1.99. The van der Waals surface area contributed by atoms with Crippen LogP contribution in [0.4, 0.5) is 0 Å². The summed E-state index contributed by atoms with van der Waals surface area (Å²) >= 11 is 0. The quantitative estimate of drug-likeness (QED) is 0.741. The van der Waals surface area contributed by atoms with Crippen molar-refractivity contribution in [2.45, 2.75) is 6.42 Å². The summed E-state index contributed by atoms with van der Waals surface area (Å²) in [7, 11) is 1.57. The highest BCUT2D eigenvalue weighted by molar-refractivity contribution is 5.70. The van der Waals surface area contributed by atoms with E-state index in [1.54, 1.807) is 25.5 Å². The number of rotatable bonds is 4. The van der Waals surface area contributed by atoms with E-state index in [1.807, 2.05) is 18.2 Å². The molecule has 0 bridgehead atoms. The van der Waals surface area contributed by atoms with Gasteiger partial charge in [-0.1, -0.05) is 24.3 Å². The predicted octanol–water partition coefficient (Wildman–Crippen LogP) is 1.93. The summed E-state index contributed by atoms with van der Waals surface area (Å²) < 4.78 is 4.77. The van der Waals surface area contributed by atoms with E-state index in [-0.39, 0.29) is 6.42 Å². The number of carbonyl (C=O) groups is 1. The molecule has 0 amide bonds. The maximum Gasteiger partial charge on any atom is 0.307 e. The number of benzene rings is 1. The largest absolute Gasteiger partial charge is 0.504 e. The van der Waals surface area contributed by atoms with E-state index >= 15 is 0 Å². The average molecular weight is 192 g/mol. The molecule has 0 aliphatic carbocycles. The summed E-state index contributed by atoms with van der Waals surface area (Å²) in [6.45, 7) is 0. The van der Waals surface area contributed by atoms with Gasteiger partial charge in [-0.3, -0.25) is 4.79 Å². The van der Waals surface area contributed by atoms with Crippen molar-refractivity contribution in [3.63, 3.8) is 0 Å². The van der Waals surface area contributed by atoms with E-state index in [9.17, 15) is 4.79 Å². The summed E-state index contributed by atoms with van der Waals surface area (Å²) in [6, 6.07) is 7.33. The van der Waals surface area contributed by atoms with Gasteiger partial charge in [-0.25, -0.2) is 0 Å². The second-order valence-corrected chi connectivity index (χ2v) is 2.85. The molecule has 0 aromatic heterocycles. The summed E-state index contributed by atoms with van der Waals surface area (Å²) in [4.78, 5) is 10.5. The molecule has 0 radical (unpaired) electrons. The fourth-order valence-electron chi connectivity index (χ4n) is 1.13. The van der Waals surface area contributed by atoms with Crippen LogP contribution >= 0.6 is 0 Å². The van der Waals surface area contributed by atoms with Crippen LogP contribution in [-0.2, 0) is 16.0 Å². The van der Waals surface area contributed by atoms with Crippen LogP contribution < -0.4 is 0 Å². The lowest BCUT2D eigenvalue weighted by molar-refractivity contribution is -0.136. The standard InChI is InChI=1S/C11H12O3/c1-14-6-5-9-3-2-4-10(7-9)8-11(12)13/h2-7H,8H2,1H3,(H,12,13). The summed E-state index contributed by atoms with van der Waals surface area (Å²) in [5.41, 5.74) is 1.72. The summed E-state index contributed by atoms with van der Waals surface area (Å²) in [6.07, 6.45) is 3.39. The Morgan fingerprint density at radius 2 is 2.36 bits per heavy atom. The van der Waals surface area contributed by atoms with Crippen molar-refractivity contribution in [2.24, 2.45) is 0 Å². The minimum atomic E-state index is -0.821. The Bertz CT molecular complexity index is 342. The van der Waals surface area contributed by atoms with Gasteiger partial charge in [-0.05, 0) is 17.2 Å². The topological polar surface area (TPSA) is 46.5 Å². The van der Waals surface area contributed by atoms with Crippen LogP contribution in [0.1, 0.15) is 11.1 Å². The number of hydrogen-bond acceptors (Lipinski definition) is 2. The molecule has 0 saturated heterocycles. The van der Waals surface area contributed by atoms with Gasteiger partial charge in [0.2, 0.25) is 0 Å². The van der Waals surface area contributed by atoms with Gasteiger partial charge in [-0.15, -0.1) is 0 Å². The first-order valence-electron chi connectivity index (χ1n) is 4.22. The van der Waals surface area contributed by atoms with Gasteiger partial charge in [0.05, 0.1) is 19.8 Å². The lowest BCUT2D eigenvalue weighted by Gasteiger charge is -1.98. The third-order valence-corrected chi connectivity index (χ3v) is 1.70. The maximum atomic E-state index is 10.5. The Morgan fingerprint density at radius 1 is 1.57 bits per heavy atom. The summed E-state index contributed by atoms with van der Waals surface area (Å²) in [5.74, 6) is -0.821. The second-order valence-electron chi connectivity index (χ2n) is 2.85. The Balaban J connectivity index is 2.78. The number of hydrogen-bond donors (Lipinski definition) is 1. The zero-order valence-electron chi connectivity index (χ0n) is 7.93. The molecular weight excluding hydrogens is 180 g/mol. The van der Waals surface area contributed by atoms with Crippen LogP contribution in [0, 0.1) is 0 Å². The first kappa shape index (κ1) is 10.3. The highest BCUT2D eigenvalue weighted by Gasteiger charge is 1.99. The molecule has 0 heterocycles. The second kappa shape index (κ2) is 5.07. The molecule has 1 rings (SSSR count). The number of methoxy groups -OCH3 is 1. The molecule has 0 aliphatic rings. The van der Waals surface area contributed by atoms with Crippen molar-refractivity contribution in [1.82, 2.24) is 0 Å². The van der Waals surface area contributed by atoms with Gasteiger partial charge in [0.25, 0.3) is 0 Å². The molecule has 0 fully saturated rings. The minimum absolute atomic E-state index is 0.0503. The molecule has 1 N–H and O–H groups in total. The van der Waals surface area contributed by atoms with Gasteiger partial charge < -0.3 is 9.84 Å². The van der Waals surface area contributed by atoms with Crippen molar-refractivity contribution >= 4 is 12.0 Å². The van der Waals surface area contributed by atoms with Crippen molar-refractivity contribution in [1.29, 1.82) is 0 Å². The SMILES string of the molecule is COC=Cc1cccc(CC(=O)O)c1. The summed E-state index contributed by atoms with van der Waals surface area (Å²) in [5, 5.41) is 8.59. The van der Waals surface area contributed by atoms with Gasteiger partial charge >= 0.3 is 5.97 Å². The number of carboxylic acid groups (broad SMARTS) is 1. The molecule has 1 aromatic carbocycles. The molecule has 14 heavy (non-hydrogen) atoms. The van der Waals surface area contributed by atoms with Gasteiger partial charge in [0.1, 0.15) is 0 Å². The molecule has 1 aromatic rings. The Morgan fingerprint density at radius 3 is 3.00 bits per heavy atom. The van der Waals surface area contributed by atoms with Crippen LogP contribution in [0.2, 0.25) is 0 Å². The monoisotopic (exact) mass is 192 g/mol. The molecule has 0 atom stereocenters. The van der Waals surface area contributed by atoms with E-state index < -0.39 is 5.97 Å². The Kier molecular flexibility index (Phi) is 3.73. The molecular formula is C11H12O3. The minimum Gasteiger partial charge on any atom is -0.504 e. The highest BCUT2D eigenvalue weighted by Crippen LogP contribution is 2.07. The van der Waals surface area contributed by atoms with Crippen LogP contribution in [0.3, 0.4) is 0 Å². The Hall–Kier alpha value is -1.77. The molecule has 74 valence electrons. The van der Waals surface area contributed by atoms with Gasteiger partial charge in [-0.2, -0.15) is 0 Å². The fourth-order valence-corrected chi connectivity index (χ4v) is 1.13. The molecule has 3 nitrogen and oxygen atoms in total. The molecule has 0 unspecified atom stereocenters. The average Bonchev–Trinajstić information content (AvgIpc) is 2.14. The zero-order valence-corrected chi connectivity index (χ0v) is 7.93. The van der Waals surface area contributed by atoms with Crippen molar-refractivity contribution < 1.29 is 14.6 Å². The predicted molar refractivity (Wildman–Crippen MR) is 53.8 cm³/mol. The van der Waals surface area contributed by atoms with E-state index in [1.165, 1.54) is 0 Å². The molecule has 0 saturated carbocycles. The highest BCUT2D eigenvalue weighted by atomic mass is 16.5. The third kappa shape index (κ3) is 3.31.